The third-order valence-electron chi connectivity index (χ3n) is 2.88. The number of aliphatic hydroxyl groups is 1. The standard InChI is InChI=1S/C15H26N2O/c1-12-8-6-7-9-14(12)17(5)11-13(18)10-16-15(2,3)4/h6-9,13,16,18H,10-11H2,1-5H3. The van der Waals surface area contributed by atoms with Crippen LogP contribution in [0.1, 0.15) is 26.3 Å². The number of hydrogen-bond acceptors (Lipinski definition) is 3. The summed E-state index contributed by atoms with van der Waals surface area (Å²) in [6.45, 7) is 9.64. The third-order valence-corrected chi connectivity index (χ3v) is 2.88. The second kappa shape index (κ2) is 6.21. The Hall–Kier alpha value is -1.06. The van der Waals surface area contributed by atoms with E-state index in [-0.39, 0.29) is 11.6 Å². The average Bonchev–Trinajstić information content (AvgIpc) is 2.26. The predicted molar refractivity (Wildman–Crippen MR) is 78.2 cm³/mol. The topological polar surface area (TPSA) is 35.5 Å². The van der Waals surface area contributed by atoms with E-state index in [1.165, 1.54) is 11.3 Å². The first kappa shape index (κ1) is 15.0. The highest BCUT2D eigenvalue weighted by atomic mass is 16.3. The molecular formula is C15H26N2O. The van der Waals surface area contributed by atoms with Gasteiger partial charge >= 0.3 is 0 Å². The van der Waals surface area contributed by atoms with Crippen molar-refractivity contribution >= 4 is 5.69 Å². The van der Waals surface area contributed by atoms with E-state index in [2.05, 4.69) is 50.0 Å². The molecule has 1 unspecified atom stereocenters. The van der Waals surface area contributed by atoms with Crippen LogP contribution in [0.5, 0.6) is 0 Å². The molecule has 0 aromatic heterocycles. The van der Waals surface area contributed by atoms with Gasteiger partial charge in [0.1, 0.15) is 0 Å². The van der Waals surface area contributed by atoms with E-state index in [4.69, 9.17) is 0 Å². The van der Waals surface area contributed by atoms with Crippen molar-refractivity contribution in [2.45, 2.75) is 39.3 Å². The molecule has 3 heteroatoms. The zero-order valence-corrected chi connectivity index (χ0v) is 12.2. The first-order valence-electron chi connectivity index (χ1n) is 6.49. The van der Waals surface area contributed by atoms with Crippen molar-refractivity contribution in [3.63, 3.8) is 0 Å². The van der Waals surface area contributed by atoms with Crippen LogP contribution in [0.15, 0.2) is 24.3 Å². The van der Waals surface area contributed by atoms with Gasteiger partial charge in [-0.25, -0.2) is 0 Å². The Bertz CT molecular complexity index is 371. The van der Waals surface area contributed by atoms with Crippen LogP contribution in [-0.2, 0) is 0 Å². The molecule has 0 aliphatic carbocycles. The molecule has 1 atom stereocenters. The maximum Gasteiger partial charge on any atom is 0.0839 e. The van der Waals surface area contributed by atoms with Crippen molar-refractivity contribution in [3.05, 3.63) is 29.8 Å². The van der Waals surface area contributed by atoms with E-state index in [0.29, 0.717) is 13.1 Å². The number of aryl methyl sites for hydroxylation is 1. The number of rotatable bonds is 5. The number of likely N-dealkylation sites (N-methyl/N-ethyl adjacent to an activating group) is 1. The summed E-state index contributed by atoms with van der Waals surface area (Å²) in [4.78, 5) is 2.10. The first-order chi connectivity index (χ1) is 8.29. The smallest absolute Gasteiger partial charge is 0.0839 e. The van der Waals surface area contributed by atoms with Gasteiger partial charge in [0.15, 0.2) is 0 Å². The van der Waals surface area contributed by atoms with E-state index in [1.807, 2.05) is 19.2 Å². The lowest BCUT2D eigenvalue weighted by Gasteiger charge is -2.27. The van der Waals surface area contributed by atoms with Crippen LogP contribution in [0.4, 0.5) is 5.69 Å². The molecule has 0 spiro atoms. The summed E-state index contributed by atoms with van der Waals surface area (Å²) in [7, 11) is 2.02. The number of para-hydroxylation sites is 1. The van der Waals surface area contributed by atoms with Crippen molar-refractivity contribution in [1.82, 2.24) is 5.32 Å². The minimum atomic E-state index is -0.367. The summed E-state index contributed by atoms with van der Waals surface area (Å²) in [5.41, 5.74) is 2.45. The van der Waals surface area contributed by atoms with Crippen molar-refractivity contribution in [2.24, 2.45) is 0 Å². The lowest BCUT2D eigenvalue weighted by molar-refractivity contribution is 0.167. The molecule has 0 aliphatic rings. The highest BCUT2D eigenvalue weighted by molar-refractivity contribution is 5.52. The molecule has 3 nitrogen and oxygen atoms in total. The Morgan fingerprint density at radius 2 is 1.89 bits per heavy atom. The Balaban J connectivity index is 2.50. The highest BCUT2D eigenvalue weighted by Crippen LogP contribution is 2.17. The van der Waals surface area contributed by atoms with Gasteiger partial charge in [-0.1, -0.05) is 18.2 Å². The third kappa shape index (κ3) is 5.07. The zero-order chi connectivity index (χ0) is 13.8. The van der Waals surface area contributed by atoms with Crippen LogP contribution in [0.3, 0.4) is 0 Å². The van der Waals surface area contributed by atoms with Crippen LogP contribution >= 0.6 is 0 Å². The number of benzene rings is 1. The van der Waals surface area contributed by atoms with E-state index in [9.17, 15) is 5.11 Å². The molecule has 0 amide bonds. The van der Waals surface area contributed by atoms with Gasteiger partial charge in [-0.05, 0) is 39.3 Å². The van der Waals surface area contributed by atoms with Crippen LogP contribution in [0, 0.1) is 6.92 Å². The Labute approximate surface area is 111 Å². The lowest BCUT2D eigenvalue weighted by atomic mass is 10.1. The lowest BCUT2D eigenvalue weighted by Crippen LogP contribution is -2.44. The van der Waals surface area contributed by atoms with E-state index in [1.54, 1.807) is 0 Å². The number of β-amino-alcohol motifs (C(OH)–C–C–N with tert-alkyl or cyclic N) is 1. The Morgan fingerprint density at radius 3 is 2.44 bits per heavy atom. The Morgan fingerprint density at radius 1 is 1.28 bits per heavy atom. The molecule has 0 saturated heterocycles. The largest absolute Gasteiger partial charge is 0.390 e. The number of hydrogen-bond donors (Lipinski definition) is 2. The fourth-order valence-electron chi connectivity index (χ4n) is 1.89. The molecule has 0 heterocycles. The normalized spacial score (nSPS) is 13.4. The number of anilines is 1. The van der Waals surface area contributed by atoms with Gasteiger partial charge < -0.3 is 15.3 Å². The number of aliphatic hydroxyl groups excluding tert-OH is 1. The number of nitrogens with zero attached hydrogens (tertiary/aromatic N) is 1. The molecule has 0 bridgehead atoms. The molecule has 0 aliphatic heterocycles. The summed E-state index contributed by atoms with van der Waals surface area (Å²) in [6.07, 6.45) is -0.367. The molecule has 1 rings (SSSR count). The maximum absolute atomic E-state index is 10.0. The summed E-state index contributed by atoms with van der Waals surface area (Å²) >= 11 is 0. The highest BCUT2D eigenvalue weighted by Gasteiger charge is 2.14. The molecule has 18 heavy (non-hydrogen) atoms. The summed E-state index contributed by atoms with van der Waals surface area (Å²) in [6, 6.07) is 8.23. The van der Waals surface area contributed by atoms with Crippen LogP contribution < -0.4 is 10.2 Å². The van der Waals surface area contributed by atoms with Crippen LogP contribution in [-0.4, -0.2) is 36.9 Å². The van der Waals surface area contributed by atoms with Crippen molar-refractivity contribution < 1.29 is 5.11 Å². The van der Waals surface area contributed by atoms with Crippen molar-refractivity contribution in [3.8, 4) is 0 Å². The maximum atomic E-state index is 10.0. The predicted octanol–water partition coefficient (Wildman–Crippen LogP) is 2.18. The summed E-state index contributed by atoms with van der Waals surface area (Å²) < 4.78 is 0. The molecule has 0 saturated carbocycles. The minimum Gasteiger partial charge on any atom is -0.390 e. The first-order valence-corrected chi connectivity index (χ1v) is 6.49. The Kier molecular flexibility index (Phi) is 5.17. The molecule has 0 radical (unpaired) electrons. The molecule has 102 valence electrons. The average molecular weight is 250 g/mol. The quantitative estimate of drug-likeness (QED) is 0.841. The zero-order valence-electron chi connectivity index (χ0n) is 12.2. The van der Waals surface area contributed by atoms with Gasteiger partial charge in [0.25, 0.3) is 0 Å². The van der Waals surface area contributed by atoms with Crippen molar-refractivity contribution in [1.29, 1.82) is 0 Å². The van der Waals surface area contributed by atoms with Gasteiger partial charge in [-0.2, -0.15) is 0 Å². The van der Waals surface area contributed by atoms with Gasteiger partial charge in [0.05, 0.1) is 6.10 Å². The van der Waals surface area contributed by atoms with E-state index >= 15 is 0 Å². The summed E-state index contributed by atoms with van der Waals surface area (Å²) in [5.74, 6) is 0. The van der Waals surface area contributed by atoms with E-state index < -0.39 is 0 Å². The monoisotopic (exact) mass is 250 g/mol. The molecular weight excluding hydrogens is 224 g/mol. The van der Waals surface area contributed by atoms with E-state index in [0.717, 1.165) is 0 Å². The fourth-order valence-corrected chi connectivity index (χ4v) is 1.89. The van der Waals surface area contributed by atoms with Gasteiger partial charge in [-0.3, -0.25) is 0 Å². The minimum absolute atomic E-state index is 0.0439. The molecule has 1 aromatic rings. The SMILES string of the molecule is Cc1ccccc1N(C)CC(O)CNC(C)(C)C. The molecule has 1 aromatic carbocycles. The fraction of sp³-hybridized carbons (Fsp3) is 0.600. The van der Waals surface area contributed by atoms with Crippen LogP contribution in [0.25, 0.3) is 0 Å². The van der Waals surface area contributed by atoms with Gasteiger partial charge in [0.2, 0.25) is 0 Å². The second-order valence-corrected chi connectivity index (χ2v) is 5.95. The van der Waals surface area contributed by atoms with Gasteiger partial charge in [-0.15, -0.1) is 0 Å². The van der Waals surface area contributed by atoms with Crippen molar-refractivity contribution in [2.75, 3.05) is 25.0 Å². The molecule has 0 fully saturated rings. The molecule has 2 N–H and O–H groups in total. The van der Waals surface area contributed by atoms with Gasteiger partial charge in [0, 0.05) is 31.4 Å². The summed E-state index contributed by atoms with van der Waals surface area (Å²) in [5, 5.41) is 13.3. The van der Waals surface area contributed by atoms with Crippen LogP contribution in [0.2, 0.25) is 0 Å². The second-order valence-electron chi connectivity index (χ2n) is 5.95. The number of nitrogens with one attached hydrogen (secondary N) is 1.